The molecule has 10 heteroatoms. The van der Waals surface area contributed by atoms with Crippen molar-refractivity contribution in [3.63, 3.8) is 0 Å². The maximum atomic E-state index is 13.9. The number of hydrogen-bond donors (Lipinski definition) is 5. The van der Waals surface area contributed by atoms with Gasteiger partial charge < -0.3 is 30.9 Å². The Morgan fingerprint density at radius 1 is 1.15 bits per heavy atom. The normalized spacial score (nSPS) is 26.4. The minimum Gasteiger partial charge on any atom is -0.508 e. The van der Waals surface area contributed by atoms with Crippen molar-refractivity contribution in [2.45, 2.75) is 31.1 Å². The van der Waals surface area contributed by atoms with E-state index in [4.69, 9.17) is 10.5 Å². The molecular weight excluding hydrogens is 504 g/mol. The number of nitrogens with zero attached hydrogens (tertiary/aromatic N) is 1. The second-order valence-corrected chi connectivity index (χ2v) is 10.6. The molecule has 204 valence electrons. The number of likely N-dealkylation sites (N-methyl/N-ethyl adjacent to an activating group) is 1. The largest absolute Gasteiger partial charge is 0.508 e. The molecule has 2 aromatic carbocycles. The summed E-state index contributed by atoms with van der Waals surface area (Å²) >= 11 is 0. The topological polar surface area (TPSA) is 171 Å². The van der Waals surface area contributed by atoms with Crippen LogP contribution in [0.25, 0.3) is 16.9 Å². The molecule has 0 bridgehead atoms. The smallest absolute Gasteiger partial charge is 0.255 e. The van der Waals surface area contributed by atoms with E-state index in [9.17, 15) is 34.8 Å². The standard InChI is InChI=1S/C29H30N2O8/c1-31(2)23-18-11-15-10-17-16(14-6-4-5-13(9-14)12-39-3)7-8-19(32)21(17)24(33)20(15)26(35)29(18,38)27(36)22(25(23)34)28(30)37/h4-9,15,18,23,32-33,36,38H,10-12H2,1-3H3,(H2,30,37)/t15-,18+,23-,29-/m1/s1. The van der Waals surface area contributed by atoms with Crippen LogP contribution in [0.15, 0.2) is 53.3 Å². The SMILES string of the molecule is COCc1cccc(-c2ccc(O)c3c2C[C@@H]2C[C@H]4[C@@H](N(C)C)C(=O)C(C(N)=O)=C(O)[C@]4(O)C(=O)C2=C3O)c1. The molecule has 0 spiro atoms. The number of rotatable bonds is 5. The molecule has 0 radical (unpaired) electrons. The van der Waals surface area contributed by atoms with Crippen molar-refractivity contribution in [1.29, 1.82) is 0 Å². The lowest BCUT2D eigenvalue weighted by Crippen LogP contribution is -2.65. The van der Waals surface area contributed by atoms with Crippen LogP contribution in [0, 0.1) is 11.8 Å². The van der Waals surface area contributed by atoms with Crippen LogP contribution < -0.4 is 5.73 Å². The van der Waals surface area contributed by atoms with Crippen LogP contribution in [0.5, 0.6) is 5.75 Å². The van der Waals surface area contributed by atoms with Gasteiger partial charge in [0.05, 0.1) is 18.2 Å². The molecule has 2 aromatic rings. The molecule has 1 amide bonds. The van der Waals surface area contributed by atoms with Crippen molar-refractivity contribution in [3.8, 4) is 16.9 Å². The highest BCUT2D eigenvalue weighted by Crippen LogP contribution is 2.53. The number of Topliss-reactive ketones (excluding diaryl/α,β-unsaturated/α-hetero) is 2. The summed E-state index contributed by atoms with van der Waals surface area (Å²) in [5, 5.41) is 44.8. The average Bonchev–Trinajstić information content (AvgIpc) is 2.86. The van der Waals surface area contributed by atoms with Crippen molar-refractivity contribution in [2.75, 3.05) is 21.2 Å². The lowest BCUT2D eigenvalue weighted by molar-refractivity contribution is -0.153. The van der Waals surface area contributed by atoms with Gasteiger partial charge in [-0.05, 0) is 67.2 Å². The number of primary amides is 1. The summed E-state index contributed by atoms with van der Waals surface area (Å²) in [6.07, 6.45) is 0.247. The van der Waals surface area contributed by atoms with Crippen molar-refractivity contribution < 1.29 is 39.5 Å². The zero-order chi connectivity index (χ0) is 28.4. The summed E-state index contributed by atoms with van der Waals surface area (Å²) in [5.74, 6) is -6.72. The number of ether oxygens (including phenoxy) is 1. The Morgan fingerprint density at radius 2 is 1.87 bits per heavy atom. The van der Waals surface area contributed by atoms with Gasteiger partial charge in [0, 0.05) is 18.6 Å². The zero-order valence-corrected chi connectivity index (χ0v) is 21.8. The van der Waals surface area contributed by atoms with E-state index in [0.717, 1.165) is 16.7 Å². The summed E-state index contributed by atoms with van der Waals surface area (Å²) in [7, 11) is 4.73. The Labute approximate surface area is 224 Å². The molecule has 6 N–H and O–H groups in total. The second-order valence-electron chi connectivity index (χ2n) is 10.6. The monoisotopic (exact) mass is 534 g/mol. The summed E-state index contributed by atoms with van der Waals surface area (Å²) < 4.78 is 5.25. The number of benzene rings is 2. The van der Waals surface area contributed by atoms with Gasteiger partial charge in [0.25, 0.3) is 5.91 Å². The highest BCUT2D eigenvalue weighted by Gasteiger charge is 2.64. The summed E-state index contributed by atoms with van der Waals surface area (Å²) in [4.78, 5) is 40.7. The van der Waals surface area contributed by atoms with Gasteiger partial charge in [0.2, 0.25) is 5.78 Å². The average molecular weight is 535 g/mol. The first-order chi connectivity index (χ1) is 18.4. The van der Waals surface area contributed by atoms with E-state index < -0.39 is 58.0 Å². The number of phenols is 1. The minimum absolute atomic E-state index is 0.0323. The number of hydrogen-bond acceptors (Lipinski definition) is 9. The van der Waals surface area contributed by atoms with E-state index in [-0.39, 0.29) is 29.7 Å². The Kier molecular flexibility index (Phi) is 6.37. The number of amides is 1. The number of carbonyl (C=O) groups is 3. The number of phenolic OH excluding ortho intramolecular Hbond substituents is 1. The number of ketones is 2. The van der Waals surface area contributed by atoms with Crippen molar-refractivity contribution in [1.82, 2.24) is 4.90 Å². The first-order valence-corrected chi connectivity index (χ1v) is 12.5. The molecule has 5 rings (SSSR count). The Balaban J connectivity index is 1.72. The summed E-state index contributed by atoms with van der Waals surface area (Å²) in [6, 6.07) is 9.64. The van der Waals surface area contributed by atoms with E-state index in [1.54, 1.807) is 27.3 Å². The van der Waals surface area contributed by atoms with Crippen LogP contribution >= 0.6 is 0 Å². The molecule has 0 unspecified atom stereocenters. The Morgan fingerprint density at radius 3 is 2.51 bits per heavy atom. The molecule has 0 saturated heterocycles. The maximum Gasteiger partial charge on any atom is 0.255 e. The molecule has 1 saturated carbocycles. The van der Waals surface area contributed by atoms with Crippen LogP contribution in [-0.4, -0.2) is 75.6 Å². The van der Waals surface area contributed by atoms with Gasteiger partial charge in [0.1, 0.15) is 22.8 Å². The molecule has 0 heterocycles. The first kappa shape index (κ1) is 26.6. The van der Waals surface area contributed by atoms with Gasteiger partial charge >= 0.3 is 0 Å². The van der Waals surface area contributed by atoms with Gasteiger partial charge in [-0.1, -0.05) is 24.3 Å². The molecule has 3 aliphatic carbocycles. The number of aliphatic hydroxyl groups is 3. The number of carbonyl (C=O) groups excluding carboxylic acids is 3. The van der Waals surface area contributed by atoms with Crippen LogP contribution in [0.4, 0.5) is 0 Å². The predicted molar refractivity (Wildman–Crippen MR) is 140 cm³/mol. The number of nitrogens with two attached hydrogens (primary N) is 1. The number of aliphatic hydroxyl groups excluding tert-OH is 2. The molecule has 3 aliphatic rings. The molecule has 0 aliphatic heterocycles. The van der Waals surface area contributed by atoms with Crippen molar-refractivity contribution in [2.24, 2.45) is 17.6 Å². The van der Waals surface area contributed by atoms with E-state index in [2.05, 4.69) is 0 Å². The summed E-state index contributed by atoms with van der Waals surface area (Å²) in [5.41, 5.74) is 4.83. The summed E-state index contributed by atoms with van der Waals surface area (Å²) in [6.45, 7) is 0.394. The van der Waals surface area contributed by atoms with E-state index in [1.165, 1.54) is 11.0 Å². The Bertz CT molecular complexity index is 1490. The van der Waals surface area contributed by atoms with Gasteiger partial charge in [-0.15, -0.1) is 0 Å². The quantitative estimate of drug-likeness (QED) is 0.359. The van der Waals surface area contributed by atoms with Crippen LogP contribution in [-0.2, 0) is 32.1 Å². The predicted octanol–water partition coefficient (Wildman–Crippen LogP) is 1.78. The fraction of sp³-hybridized carbons (Fsp3) is 0.345. The fourth-order valence-electron chi connectivity index (χ4n) is 6.51. The minimum atomic E-state index is -2.66. The molecule has 1 fully saturated rings. The molecule has 10 nitrogen and oxygen atoms in total. The van der Waals surface area contributed by atoms with Crippen molar-refractivity contribution in [3.05, 3.63) is 70.0 Å². The third-order valence-corrected chi connectivity index (χ3v) is 8.15. The number of methoxy groups -OCH3 is 1. The van der Waals surface area contributed by atoms with E-state index in [1.807, 2.05) is 24.3 Å². The van der Waals surface area contributed by atoms with Crippen LogP contribution in [0.1, 0.15) is 23.1 Å². The zero-order valence-electron chi connectivity index (χ0n) is 21.8. The number of aromatic hydroxyl groups is 1. The van der Waals surface area contributed by atoms with E-state index >= 15 is 0 Å². The van der Waals surface area contributed by atoms with Gasteiger partial charge in [0.15, 0.2) is 11.4 Å². The third kappa shape index (κ3) is 3.78. The molecule has 0 aromatic heterocycles. The van der Waals surface area contributed by atoms with E-state index in [0.29, 0.717) is 12.2 Å². The first-order valence-electron chi connectivity index (χ1n) is 12.5. The van der Waals surface area contributed by atoms with Crippen LogP contribution in [0.3, 0.4) is 0 Å². The lowest BCUT2D eigenvalue weighted by atomic mass is 9.57. The second kappa shape index (κ2) is 9.33. The highest BCUT2D eigenvalue weighted by molar-refractivity contribution is 6.24. The van der Waals surface area contributed by atoms with Gasteiger partial charge in [-0.25, -0.2) is 0 Å². The lowest BCUT2D eigenvalue weighted by Gasteiger charge is -2.50. The highest BCUT2D eigenvalue weighted by atomic mass is 16.5. The van der Waals surface area contributed by atoms with Crippen molar-refractivity contribution >= 4 is 23.2 Å². The Hall–Kier alpha value is -3.99. The third-order valence-electron chi connectivity index (χ3n) is 8.15. The number of fused-ring (bicyclic) bond motifs is 3. The van der Waals surface area contributed by atoms with Gasteiger partial charge in [-0.3, -0.25) is 19.3 Å². The fourth-order valence-corrected chi connectivity index (χ4v) is 6.51. The van der Waals surface area contributed by atoms with Gasteiger partial charge in [-0.2, -0.15) is 0 Å². The molecule has 4 atom stereocenters. The maximum absolute atomic E-state index is 13.9. The van der Waals surface area contributed by atoms with Crippen LogP contribution in [0.2, 0.25) is 0 Å². The molecule has 39 heavy (non-hydrogen) atoms. The molecular formula is C29H30N2O8.